The largest absolute Gasteiger partial charge is 0.469 e. The number of hydrogen-bond donors (Lipinski definition) is 0. The summed E-state index contributed by atoms with van der Waals surface area (Å²) < 4.78 is 13.8. The van der Waals surface area contributed by atoms with E-state index in [0.717, 1.165) is 91.2 Å². The van der Waals surface area contributed by atoms with Gasteiger partial charge in [-0.15, -0.1) is 0 Å². The molecular weight excluding hydrogens is 753 g/mol. The Morgan fingerprint density at radius 2 is 1.47 bits per heavy atom. The lowest BCUT2D eigenvalue weighted by atomic mass is 9.71. The van der Waals surface area contributed by atoms with E-state index in [1.54, 1.807) is 31.9 Å². The summed E-state index contributed by atoms with van der Waals surface area (Å²) in [6, 6.07) is 24.6. The number of nitrogens with zero attached hydrogens (tertiary/aromatic N) is 6. The second-order valence-electron chi connectivity index (χ2n) is 16.9. The number of morpholine rings is 1. The van der Waals surface area contributed by atoms with Crippen LogP contribution in [0.25, 0.3) is 16.9 Å². The highest BCUT2D eigenvalue weighted by atomic mass is 16.5. The maximum atomic E-state index is 13.9. The average Bonchev–Trinajstić information content (AvgIpc) is 3.90. The molecule has 2 aliphatic rings. The number of rotatable bonds is 17. The second-order valence-corrected chi connectivity index (χ2v) is 16.9. The number of furan rings is 1. The van der Waals surface area contributed by atoms with Crippen molar-refractivity contribution in [3.8, 4) is 11.3 Å². The molecule has 3 aromatic heterocycles. The minimum absolute atomic E-state index is 0.0687. The minimum atomic E-state index is -0.811. The molecule has 11 nitrogen and oxygen atoms in total. The summed E-state index contributed by atoms with van der Waals surface area (Å²) in [4.78, 5) is 57.6. The highest BCUT2D eigenvalue weighted by Crippen LogP contribution is 2.39. The molecule has 5 aromatic rings. The molecule has 1 fully saturated rings. The highest BCUT2D eigenvalue weighted by Gasteiger charge is 2.39. The number of hydrogen-bond acceptors (Lipinski definition) is 9. The van der Waals surface area contributed by atoms with Crippen molar-refractivity contribution >= 4 is 28.9 Å². The summed E-state index contributed by atoms with van der Waals surface area (Å²) in [6.07, 6.45) is 6.69. The molecule has 0 saturated carbocycles. The van der Waals surface area contributed by atoms with Gasteiger partial charge in [-0.25, -0.2) is 9.97 Å². The lowest BCUT2D eigenvalue weighted by molar-refractivity contribution is -0.131. The summed E-state index contributed by atoms with van der Waals surface area (Å²) in [5.41, 5.74) is 6.65. The van der Waals surface area contributed by atoms with Gasteiger partial charge in [0.05, 0.1) is 43.0 Å². The van der Waals surface area contributed by atoms with Crippen LogP contribution < -0.4 is 4.90 Å². The molecule has 7 rings (SSSR count). The van der Waals surface area contributed by atoms with Gasteiger partial charge in [-0.05, 0) is 51.3 Å². The van der Waals surface area contributed by atoms with Crippen molar-refractivity contribution in [2.45, 2.75) is 66.7 Å². The lowest BCUT2D eigenvalue weighted by Crippen LogP contribution is -2.39. The van der Waals surface area contributed by atoms with Crippen molar-refractivity contribution in [2.24, 2.45) is 5.41 Å². The van der Waals surface area contributed by atoms with Crippen LogP contribution in [0.5, 0.6) is 0 Å². The standard InChI is InChI=1S/C49H58N6O5/c1-34-35(2)46(58)44(36(3)45(34)57)49(4,5)32-43(56)52(6)21-14-23-54(24-15-22-53-25-28-59-29-26-53)48-41(31-39-20-13-27-60-39)51-47-40(30-37-16-9-7-10-17-37)50-42(33-55(47)48)38-18-11-8-12-19-38/h7-13,16-20,27,33H,14-15,21-26,28-32H2,1-6H3. The number of imidazole rings is 1. The SMILES string of the molecule is CC1=C(C)C(=O)C(C(C)(C)CC(=O)N(C)CCCN(CCCN2CCOCC2)c2c(Cc3ccco3)nc3c(Cc4ccccc4)nc(-c4ccccc4)cn23)=C(C)C1=O. The Bertz CT molecular complexity index is 2370. The second kappa shape index (κ2) is 18.7. The molecule has 60 heavy (non-hydrogen) atoms. The van der Waals surface area contributed by atoms with Crippen molar-refractivity contribution in [3.63, 3.8) is 0 Å². The molecule has 0 bridgehead atoms. The van der Waals surface area contributed by atoms with Crippen LogP contribution in [0.1, 0.15) is 76.6 Å². The van der Waals surface area contributed by atoms with Crippen LogP contribution in [0.2, 0.25) is 0 Å². The number of amides is 1. The predicted octanol–water partition coefficient (Wildman–Crippen LogP) is 7.77. The summed E-state index contributed by atoms with van der Waals surface area (Å²) in [6.45, 7) is 15.1. The van der Waals surface area contributed by atoms with E-state index in [-0.39, 0.29) is 23.9 Å². The smallest absolute Gasteiger partial charge is 0.223 e. The van der Waals surface area contributed by atoms with E-state index in [0.29, 0.717) is 54.6 Å². The van der Waals surface area contributed by atoms with Gasteiger partial charge in [0, 0.05) is 98.6 Å². The molecule has 0 spiro atoms. The topological polar surface area (TPSA) is 113 Å². The van der Waals surface area contributed by atoms with Crippen molar-refractivity contribution in [3.05, 3.63) is 130 Å². The van der Waals surface area contributed by atoms with E-state index >= 15 is 0 Å². The molecule has 1 aliphatic heterocycles. The van der Waals surface area contributed by atoms with Crippen molar-refractivity contribution in [1.29, 1.82) is 0 Å². The Balaban J connectivity index is 1.20. The molecule has 0 radical (unpaired) electrons. The molecule has 4 heterocycles. The van der Waals surface area contributed by atoms with Crippen LogP contribution in [-0.4, -0.2) is 101 Å². The molecule has 1 amide bonds. The number of fused-ring (bicyclic) bond motifs is 1. The zero-order valence-corrected chi connectivity index (χ0v) is 36.0. The van der Waals surface area contributed by atoms with Crippen LogP contribution in [0, 0.1) is 5.41 Å². The van der Waals surface area contributed by atoms with Gasteiger partial charge in [-0.3, -0.25) is 23.7 Å². The third-order valence-electron chi connectivity index (χ3n) is 12.0. The number of benzene rings is 2. The highest BCUT2D eigenvalue weighted by molar-refractivity contribution is 6.25. The Hall–Kier alpha value is -5.65. The molecule has 0 N–H and O–H groups in total. The molecule has 0 unspecified atom stereocenters. The van der Waals surface area contributed by atoms with Crippen molar-refractivity contribution in [1.82, 2.24) is 24.2 Å². The van der Waals surface area contributed by atoms with E-state index in [9.17, 15) is 14.4 Å². The normalized spacial score (nSPS) is 15.4. The van der Waals surface area contributed by atoms with E-state index in [1.807, 2.05) is 57.3 Å². The zero-order valence-electron chi connectivity index (χ0n) is 36.0. The number of ether oxygens (including phenoxy) is 1. The Morgan fingerprint density at radius 3 is 2.17 bits per heavy atom. The third kappa shape index (κ3) is 9.53. The molecule has 1 saturated heterocycles. The summed E-state index contributed by atoms with van der Waals surface area (Å²) in [7, 11) is 1.83. The Morgan fingerprint density at radius 1 is 0.783 bits per heavy atom. The Kier molecular flexibility index (Phi) is 13.3. The zero-order chi connectivity index (χ0) is 42.4. The summed E-state index contributed by atoms with van der Waals surface area (Å²) >= 11 is 0. The van der Waals surface area contributed by atoms with Gasteiger partial charge in [0.1, 0.15) is 11.6 Å². The molecule has 11 heteroatoms. The maximum Gasteiger partial charge on any atom is 0.223 e. The number of carbonyl (C=O) groups excluding carboxylic acids is 3. The average molecular weight is 811 g/mol. The van der Waals surface area contributed by atoms with Crippen LogP contribution in [0.3, 0.4) is 0 Å². The molecule has 2 aromatic carbocycles. The molecule has 0 atom stereocenters. The first kappa shape index (κ1) is 42.5. The van der Waals surface area contributed by atoms with Gasteiger partial charge in [0.2, 0.25) is 5.91 Å². The molecule has 1 aliphatic carbocycles. The number of aromatic nitrogens is 3. The maximum absolute atomic E-state index is 13.9. The minimum Gasteiger partial charge on any atom is -0.469 e. The fourth-order valence-corrected chi connectivity index (χ4v) is 8.60. The summed E-state index contributed by atoms with van der Waals surface area (Å²) in [5.74, 6) is 1.48. The number of carbonyl (C=O) groups is 3. The first-order valence-corrected chi connectivity index (χ1v) is 21.2. The number of allylic oxidation sites excluding steroid dienone is 4. The summed E-state index contributed by atoms with van der Waals surface area (Å²) in [5, 5.41) is 0. The number of Topliss-reactive ketones (excluding diaryl/α,β-unsaturated/α-hetero) is 2. The van der Waals surface area contributed by atoms with Crippen LogP contribution in [0.4, 0.5) is 5.82 Å². The first-order valence-electron chi connectivity index (χ1n) is 21.2. The van der Waals surface area contributed by atoms with E-state index in [2.05, 4.69) is 56.8 Å². The van der Waals surface area contributed by atoms with Gasteiger partial charge in [0.15, 0.2) is 17.2 Å². The monoisotopic (exact) mass is 810 g/mol. The van der Waals surface area contributed by atoms with E-state index < -0.39 is 5.41 Å². The quantitative estimate of drug-likeness (QED) is 0.0870. The number of ketones is 2. The van der Waals surface area contributed by atoms with Crippen molar-refractivity contribution in [2.75, 3.05) is 64.4 Å². The van der Waals surface area contributed by atoms with Gasteiger partial charge in [0.25, 0.3) is 0 Å². The van der Waals surface area contributed by atoms with E-state index in [1.165, 1.54) is 0 Å². The van der Waals surface area contributed by atoms with Crippen LogP contribution >= 0.6 is 0 Å². The van der Waals surface area contributed by atoms with Gasteiger partial charge < -0.3 is 19.0 Å². The van der Waals surface area contributed by atoms with Crippen LogP contribution in [-0.2, 0) is 32.0 Å². The van der Waals surface area contributed by atoms with Crippen LogP contribution in [0.15, 0.2) is 112 Å². The van der Waals surface area contributed by atoms with Crippen molar-refractivity contribution < 1.29 is 23.5 Å². The number of anilines is 1. The van der Waals surface area contributed by atoms with E-state index in [4.69, 9.17) is 19.1 Å². The Labute approximate surface area is 353 Å². The fourth-order valence-electron chi connectivity index (χ4n) is 8.60. The first-order chi connectivity index (χ1) is 28.9. The predicted molar refractivity (Wildman–Crippen MR) is 235 cm³/mol. The van der Waals surface area contributed by atoms with Gasteiger partial charge >= 0.3 is 0 Å². The van der Waals surface area contributed by atoms with Gasteiger partial charge in [-0.1, -0.05) is 74.5 Å². The third-order valence-corrected chi connectivity index (χ3v) is 12.0. The lowest BCUT2D eigenvalue weighted by Gasteiger charge is -2.33. The molecular formula is C49H58N6O5. The fraction of sp³-hybridized carbons (Fsp3) is 0.408. The molecule has 314 valence electrons. The van der Waals surface area contributed by atoms with Gasteiger partial charge in [-0.2, -0.15) is 0 Å².